The summed E-state index contributed by atoms with van der Waals surface area (Å²) in [4.78, 5) is 0. The van der Waals surface area contributed by atoms with Gasteiger partial charge in [0, 0.05) is 0 Å². The van der Waals surface area contributed by atoms with Gasteiger partial charge in [-0.1, -0.05) is 44.7 Å². The SMILES string of the molecule is [CH2]C1CCCC(c2ccc(C(F)(F)F)cc2)CCC1. The molecule has 105 valence electrons. The maximum Gasteiger partial charge on any atom is 0.416 e. The number of halogens is 3. The quantitative estimate of drug-likeness (QED) is 0.623. The molecule has 1 aliphatic carbocycles. The summed E-state index contributed by atoms with van der Waals surface area (Å²) < 4.78 is 37.5. The Bertz CT molecular complexity index is 381. The summed E-state index contributed by atoms with van der Waals surface area (Å²) in [6.45, 7) is 4.11. The first kappa shape index (κ1) is 14.4. The van der Waals surface area contributed by atoms with E-state index in [2.05, 4.69) is 6.92 Å². The first-order valence-electron chi connectivity index (χ1n) is 6.97. The lowest BCUT2D eigenvalue weighted by Gasteiger charge is -2.23. The molecule has 0 nitrogen and oxygen atoms in total. The van der Waals surface area contributed by atoms with Crippen molar-refractivity contribution in [2.45, 2.75) is 50.6 Å². The Morgan fingerprint density at radius 3 is 1.89 bits per heavy atom. The van der Waals surface area contributed by atoms with Crippen LogP contribution in [0.25, 0.3) is 0 Å². The Balaban J connectivity index is 2.05. The van der Waals surface area contributed by atoms with Crippen molar-refractivity contribution in [2.24, 2.45) is 5.92 Å². The van der Waals surface area contributed by atoms with Gasteiger partial charge in [-0.25, -0.2) is 0 Å². The lowest BCUT2D eigenvalue weighted by atomic mass is 9.83. The summed E-state index contributed by atoms with van der Waals surface area (Å²) in [5.41, 5.74) is 0.496. The van der Waals surface area contributed by atoms with E-state index in [1.54, 1.807) is 12.1 Å². The van der Waals surface area contributed by atoms with Crippen molar-refractivity contribution in [3.8, 4) is 0 Å². The van der Waals surface area contributed by atoms with Crippen LogP contribution >= 0.6 is 0 Å². The van der Waals surface area contributed by atoms with Crippen molar-refractivity contribution < 1.29 is 13.2 Å². The molecule has 19 heavy (non-hydrogen) atoms. The highest BCUT2D eigenvalue weighted by atomic mass is 19.4. The van der Waals surface area contributed by atoms with Crippen molar-refractivity contribution in [1.29, 1.82) is 0 Å². The van der Waals surface area contributed by atoms with Crippen LogP contribution in [-0.2, 0) is 6.18 Å². The molecular formula is C16H20F3. The summed E-state index contributed by atoms with van der Waals surface area (Å²) in [6, 6.07) is 5.71. The fourth-order valence-corrected chi connectivity index (χ4v) is 2.87. The van der Waals surface area contributed by atoms with Gasteiger partial charge >= 0.3 is 6.18 Å². The molecule has 0 N–H and O–H groups in total. The van der Waals surface area contributed by atoms with Crippen molar-refractivity contribution in [1.82, 2.24) is 0 Å². The highest BCUT2D eigenvalue weighted by molar-refractivity contribution is 5.27. The highest BCUT2D eigenvalue weighted by Crippen LogP contribution is 2.34. The van der Waals surface area contributed by atoms with Crippen LogP contribution < -0.4 is 0 Å². The standard InChI is InChI=1S/C16H20F3/c1-12-4-2-6-13(7-3-5-12)14-8-10-15(11-9-14)16(17,18)19/h8-13H,1-7H2. The van der Waals surface area contributed by atoms with Gasteiger partial charge in [0.15, 0.2) is 0 Å². The molecule has 1 aliphatic rings. The fraction of sp³-hybridized carbons (Fsp3) is 0.562. The zero-order valence-corrected chi connectivity index (χ0v) is 11.0. The van der Waals surface area contributed by atoms with E-state index in [-0.39, 0.29) is 0 Å². The lowest BCUT2D eigenvalue weighted by Crippen LogP contribution is -2.08. The van der Waals surface area contributed by atoms with Gasteiger partial charge in [-0.15, -0.1) is 0 Å². The molecule has 0 unspecified atom stereocenters. The zero-order chi connectivity index (χ0) is 13.9. The van der Waals surface area contributed by atoms with Crippen LogP contribution in [0.3, 0.4) is 0 Å². The van der Waals surface area contributed by atoms with Gasteiger partial charge in [-0.05, 0) is 42.4 Å². The van der Waals surface area contributed by atoms with Gasteiger partial charge < -0.3 is 0 Å². The first-order chi connectivity index (χ1) is 8.97. The zero-order valence-electron chi connectivity index (χ0n) is 11.0. The Kier molecular flexibility index (Phi) is 4.54. The average molecular weight is 269 g/mol. The molecule has 1 radical (unpaired) electrons. The molecule has 2 rings (SSSR count). The van der Waals surface area contributed by atoms with Crippen LogP contribution in [0, 0.1) is 12.8 Å². The molecule has 1 aromatic rings. The van der Waals surface area contributed by atoms with E-state index in [1.807, 2.05) is 0 Å². The topological polar surface area (TPSA) is 0 Å². The smallest absolute Gasteiger partial charge is 0.166 e. The second-order valence-electron chi connectivity index (χ2n) is 5.54. The molecule has 0 heterocycles. The summed E-state index contributed by atoms with van der Waals surface area (Å²) in [5.74, 6) is 0.961. The van der Waals surface area contributed by atoms with Crippen molar-refractivity contribution in [3.63, 3.8) is 0 Å². The van der Waals surface area contributed by atoms with Crippen LogP contribution in [0.4, 0.5) is 13.2 Å². The normalized spacial score (nSPS) is 25.7. The van der Waals surface area contributed by atoms with Gasteiger partial charge in [0.1, 0.15) is 0 Å². The number of hydrogen-bond acceptors (Lipinski definition) is 0. The first-order valence-corrected chi connectivity index (χ1v) is 6.97. The van der Waals surface area contributed by atoms with Gasteiger partial charge in [0.05, 0.1) is 5.56 Å². The van der Waals surface area contributed by atoms with Gasteiger partial charge in [-0.2, -0.15) is 13.2 Å². The summed E-state index contributed by atoms with van der Waals surface area (Å²) in [6.07, 6.45) is 2.42. The predicted molar refractivity (Wildman–Crippen MR) is 70.7 cm³/mol. The number of benzene rings is 1. The summed E-state index contributed by atoms with van der Waals surface area (Å²) in [7, 11) is 0. The highest BCUT2D eigenvalue weighted by Gasteiger charge is 2.30. The molecule has 3 heteroatoms. The molecule has 1 saturated carbocycles. The minimum atomic E-state index is -4.24. The molecule has 0 aromatic heterocycles. The third-order valence-electron chi connectivity index (χ3n) is 4.04. The Morgan fingerprint density at radius 2 is 1.42 bits per heavy atom. The van der Waals surface area contributed by atoms with E-state index in [4.69, 9.17) is 0 Å². The largest absolute Gasteiger partial charge is 0.416 e. The van der Waals surface area contributed by atoms with E-state index in [9.17, 15) is 13.2 Å². The third-order valence-corrected chi connectivity index (χ3v) is 4.04. The van der Waals surface area contributed by atoms with E-state index in [1.165, 1.54) is 12.1 Å². The summed E-state index contributed by atoms with van der Waals surface area (Å²) in [5, 5.41) is 0. The van der Waals surface area contributed by atoms with Crippen molar-refractivity contribution in [2.75, 3.05) is 0 Å². The Labute approximate surface area is 113 Å². The molecule has 1 fully saturated rings. The van der Waals surface area contributed by atoms with Crippen LogP contribution in [0.2, 0.25) is 0 Å². The minimum absolute atomic E-state index is 0.412. The Hall–Kier alpha value is -0.990. The molecule has 1 aromatic carbocycles. The lowest BCUT2D eigenvalue weighted by molar-refractivity contribution is -0.137. The monoisotopic (exact) mass is 269 g/mol. The second-order valence-corrected chi connectivity index (χ2v) is 5.54. The molecule has 0 amide bonds. The van der Waals surface area contributed by atoms with Crippen molar-refractivity contribution in [3.05, 3.63) is 42.3 Å². The average Bonchev–Trinajstić information content (AvgIpc) is 2.33. The summed E-state index contributed by atoms with van der Waals surface area (Å²) >= 11 is 0. The van der Waals surface area contributed by atoms with Crippen LogP contribution in [-0.4, -0.2) is 0 Å². The predicted octanol–water partition coefficient (Wildman–Crippen LogP) is 5.59. The van der Waals surface area contributed by atoms with E-state index < -0.39 is 11.7 Å². The van der Waals surface area contributed by atoms with E-state index in [0.717, 1.165) is 44.1 Å². The maximum atomic E-state index is 12.5. The third kappa shape index (κ3) is 3.99. The second kappa shape index (κ2) is 5.98. The van der Waals surface area contributed by atoms with Gasteiger partial charge in [0.2, 0.25) is 0 Å². The molecule has 0 aliphatic heterocycles. The van der Waals surface area contributed by atoms with Gasteiger partial charge in [0.25, 0.3) is 0 Å². The van der Waals surface area contributed by atoms with E-state index in [0.29, 0.717) is 11.8 Å². The molecule has 0 atom stereocenters. The van der Waals surface area contributed by atoms with E-state index >= 15 is 0 Å². The fourth-order valence-electron chi connectivity index (χ4n) is 2.87. The molecule has 0 saturated heterocycles. The van der Waals surface area contributed by atoms with Crippen LogP contribution in [0.15, 0.2) is 24.3 Å². The molecular weight excluding hydrogens is 249 g/mol. The van der Waals surface area contributed by atoms with Gasteiger partial charge in [-0.3, -0.25) is 0 Å². The Morgan fingerprint density at radius 1 is 0.895 bits per heavy atom. The molecule has 0 bridgehead atoms. The number of alkyl halides is 3. The molecule has 0 spiro atoms. The van der Waals surface area contributed by atoms with Crippen LogP contribution in [0.5, 0.6) is 0 Å². The maximum absolute atomic E-state index is 12.5. The number of hydrogen-bond donors (Lipinski definition) is 0. The number of rotatable bonds is 1. The van der Waals surface area contributed by atoms with Crippen LogP contribution in [0.1, 0.15) is 55.6 Å². The van der Waals surface area contributed by atoms with Crippen molar-refractivity contribution >= 4 is 0 Å². The minimum Gasteiger partial charge on any atom is -0.166 e.